The molecule has 0 aromatic heterocycles. The maximum atomic E-state index is 13.1. The molecule has 6 nitrogen and oxygen atoms in total. The molecule has 1 unspecified atom stereocenters. The number of halogens is 2. The van der Waals surface area contributed by atoms with E-state index >= 15 is 0 Å². The van der Waals surface area contributed by atoms with Crippen LogP contribution in [0.3, 0.4) is 0 Å². The molecule has 0 saturated heterocycles. The van der Waals surface area contributed by atoms with Crippen molar-refractivity contribution in [2.24, 2.45) is 4.99 Å². The monoisotopic (exact) mass is 501 g/mol. The van der Waals surface area contributed by atoms with Crippen LogP contribution in [0.5, 0.6) is 11.5 Å². The Hall–Kier alpha value is -2.07. The Kier molecular flexibility index (Phi) is 8.78. The molecule has 2 aromatic rings. The van der Waals surface area contributed by atoms with E-state index in [9.17, 15) is 4.39 Å². The summed E-state index contributed by atoms with van der Waals surface area (Å²) in [6.07, 6.45) is 0.626. The van der Waals surface area contributed by atoms with E-state index in [0.29, 0.717) is 19.0 Å². The average molecular weight is 501 g/mol. The maximum Gasteiger partial charge on any atom is 0.231 e. The van der Waals surface area contributed by atoms with Crippen molar-refractivity contribution < 1.29 is 18.6 Å². The second kappa shape index (κ2) is 11.1. The number of nitrogens with zero attached hydrogens (tertiary/aromatic N) is 1. The van der Waals surface area contributed by atoms with Gasteiger partial charge >= 0.3 is 0 Å². The van der Waals surface area contributed by atoms with Crippen LogP contribution in [-0.2, 0) is 11.2 Å². The molecule has 0 aliphatic carbocycles. The number of hydrogen-bond acceptors (Lipinski definition) is 4. The van der Waals surface area contributed by atoms with Crippen LogP contribution in [0.2, 0.25) is 0 Å². The molecular weight excluding hydrogens is 476 g/mol. The minimum atomic E-state index is -0.262. The van der Waals surface area contributed by atoms with Gasteiger partial charge in [0.1, 0.15) is 5.82 Å². The number of aliphatic imine (C=N–C) groups is 1. The number of benzene rings is 2. The highest BCUT2D eigenvalue weighted by molar-refractivity contribution is 14.0. The number of ether oxygens (including phenoxy) is 3. The van der Waals surface area contributed by atoms with Gasteiger partial charge in [-0.1, -0.05) is 18.2 Å². The van der Waals surface area contributed by atoms with Crippen LogP contribution in [0.25, 0.3) is 0 Å². The van der Waals surface area contributed by atoms with E-state index in [1.54, 1.807) is 26.3 Å². The summed E-state index contributed by atoms with van der Waals surface area (Å²) in [5, 5.41) is 6.51. The predicted molar refractivity (Wildman–Crippen MR) is 117 cm³/mol. The summed E-state index contributed by atoms with van der Waals surface area (Å²) in [5.41, 5.74) is 2.06. The predicted octanol–water partition coefficient (Wildman–Crippen LogP) is 3.27. The number of guanidine groups is 1. The Balaban J connectivity index is 0.00000280. The van der Waals surface area contributed by atoms with E-state index in [4.69, 9.17) is 14.2 Å². The van der Waals surface area contributed by atoms with Gasteiger partial charge < -0.3 is 24.8 Å². The first-order chi connectivity index (χ1) is 13.2. The highest BCUT2D eigenvalue weighted by atomic mass is 127. The second-order valence-electron chi connectivity index (χ2n) is 6.09. The molecule has 8 heteroatoms. The molecule has 1 heterocycles. The Morgan fingerprint density at radius 3 is 2.61 bits per heavy atom. The molecule has 0 radical (unpaired) electrons. The molecule has 2 N–H and O–H groups in total. The molecular formula is C20H25FIN3O3. The van der Waals surface area contributed by atoms with Crippen LogP contribution in [0.15, 0.2) is 47.5 Å². The highest BCUT2D eigenvalue weighted by Gasteiger charge is 2.13. The largest absolute Gasteiger partial charge is 0.454 e. The van der Waals surface area contributed by atoms with Gasteiger partial charge in [0.25, 0.3) is 0 Å². The van der Waals surface area contributed by atoms with Crippen molar-refractivity contribution in [3.05, 3.63) is 59.4 Å². The van der Waals surface area contributed by atoms with Crippen LogP contribution in [0.4, 0.5) is 4.39 Å². The maximum absolute atomic E-state index is 13.1. The normalized spacial score (nSPS) is 13.6. The van der Waals surface area contributed by atoms with Gasteiger partial charge in [-0.2, -0.15) is 0 Å². The molecule has 0 saturated carbocycles. The Morgan fingerprint density at radius 2 is 1.89 bits per heavy atom. The Labute approximate surface area is 181 Å². The lowest BCUT2D eigenvalue weighted by molar-refractivity contribution is 0.106. The first-order valence-electron chi connectivity index (χ1n) is 8.81. The van der Waals surface area contributed by atoms with Crippen molar-refractivity contribution in [3.63, 3.8) is 0 Å². The summed E-state index contributed by atoms with van der Waals surface area (Å²) in [7, 11) is 3.35. The molecule has 152 valence electrons. The lowest BCUT2D eigenvalue weighted by atomic mass is 10.1. The number of nitrogens with one attached hydrogen (secondary N) is 2. The smallest absolute Gasteiger partial charge is 0.231 e. The van der Waals surface area contributed by atoms with Gasteiger partial charge in [0, 0.05) is 27.2 Å². The quantitative estimate of drug-likeness (QED) is 0.347. The summed E-state index contributed by atoms with van der Waals surface area (Å²) in [5.74, 6) is 2.00. The van der Waals surface area contributed by atoms with Crippen LogP contribution < -0.4 is 20.1 Å². The number of hydrogen-bond donors (Lipinski definition) is 2. The van der Waals surface area contributed by atoms with Gasteiger partial charge in [0.15, 0.2) is 17.5 Å². The first kappa shape index (κ1) is 22.2. The summed E-state index contributed by atoms with van der Waals surface area (Å²) in [6, 6.07) is 12.3. The lowest BCUT2D eigenvalue weighted by Gasteiger charge is -2.19. The van der Waals surface area contributed by atoms with Crippen LogP contribution in [0.1, 0.15) is 17.2 Å². The van der Waals surface area contributed by atoms with Gasteiger partial charge in [-0.15, -0.1) is 24.0 Å². The zero-order valence-electron chi connectivity index (χ0n) is 15.9. The van der Waals surface area contributed by atoms with Gasteiger partial charge in [0.2, 0.25) is 6.79 Å². The highest BCUT2D eigenvalue weighted by Crippen LogP contribution is 2.32. The van der Waals surface area contributed by atoms with E-state index in [2.05, 4.69) is 15.6 Å². The zero-order chi connectivity index (χ0) is 19.1. The molecule has 0 amide bonds. The zero-order valence-corrected chi connectivity index (χ0v) is 18.2. The van der Waals surface area contributed by atoms with Crippen LogP contribution in [0, 0.1) is 5.82 Å². The summed E-state index contributed by atoms with van der Waals surface area (Å²) in [6.45, 7) is 1.52. The lowest BCUT2D eigenvalue weighted by Crippen LogP contribution is -2.40. The number of rotatable bonds is 7. The number of methoxy groups -OCH3 is 1. The minimum absolute atomic E-state index is 0. The summed E-state index contributed by atoms with van der Waals surface area (Å²) in [4.78, 5) is 4.23. The van der Waals surface area contributed by atoms with E-state index < -0.39 is 0 Å². The van der Waals surface area contributed by atoms with Crippen molar-refractivity contribution in [1.29, 1.82) is 0 Å². The molecule has 0 bridgehead atoms. The standard InChI is InChI=1S/C20H24FN3O3.HI/c1-22-20(24-12-19(25-2)15-4-6-16(21)7-5-15)23-10-9-14-3-8-17-18(11-14)27-13-26-17;/h3-8,11,19H,9-10,12-13H2,1-2H3,(H2,22,23,24);1H. The fourth-order valence-corrected chi connectivity index (χ4v) is 2.85. The molecule has 1 aliphatic heterocycles. The molecule has 1 aliphatic rings. The molecule has 2 aromatic carbocycles. The van der Waals surface area contributed by atoms with Gasteiger partial charge in [-0.3, -0.25) is 4.99 Å². The summed E-state index contributed by atoms with van der Waals surface area (Å²) >= 11 is 0. The summed E-state index contributed by atoms with van der Waals surface area (Å²) < 4.78 is 29.3. The van der Waals surface area contributed by atoms with Crippen molar-refractivity contribution in [2.75, 3.05) is 34.0 Å². The van der Waals surface area contributed by atoms with Crippen LogP contribution in [-0.4, -0.2) is 40.0 Å². The minimum Gasteiger partial charge on any atom is -0.454 e. The molecule has 28 heavy (non-hydrogen) atoms. The van der Waals surface area contributed by atoms with E-state index in [1.807, 2.05) is 18.2 Å². The average Bonchev–Trinajstić information content (AvgIpc) is 3.16. The van der Waals surface area contributed by atoms with E-state index in [-0.39, 0.29) is 42.7 Å². The molecule has 0 fully saturated rings. The van der Waals surface area contributed by atoms with Crippen molar-refractivity contribution in [1.82, 2.24) is 10.6 Å². The van der Waals surface area contributed by atoms with Crippen molar-refractivity contribution >= 4 is 29.9 Å². The van der Waals surface area contributed by atoms with E-state index in [1.165, 1.54) is 12.1 Å². The van der Waals surface area contributed by atoms with Crippen molar-refractivity contribution in [3.8, 4) is 11.5 Å². The third-order valence-electron chi connectivity index (χ3n) is 4.35. The van der Waals surface area contributed by atoms with Gasteiger partial charge in [0.05, 0.1) is 6.10 Å². The second-order valence-corrected chi connectivity index (χ2v) is 6.09. The Morgan fingerprint density at radius 1 is 1.14 bits per heavy atom. The molecule has 0 spiro atoms. The fourth-order valence-electron chi connectivity index (χ4n) is 2.85. The third-order valence-corrected chi connectivity index (χ3v) is 4.35. The molecule has 1 atom stereocenters. The fraction of sp³-hybridized carbons (Fsp3) is 0.350. The van der Waals surface area contributed by atoms with E-state index in [0.717, 1.165) is 29.0 Å². The third kappa shape index (κ3) is 5.96. The van der Waals surface area contributed by atoms with Crippen LogP contribution >= 0.6 is 24.0 Å². The van der Waals surface area contributed by atoms with Crippen molar-refractivity contribution in [2.45, 2.75) is 12.5 Å². The topological polar surface area (TPSA) is 64.1 Å². The van der Waals surface area contributed by atoms with Gasteiger partial charge in [-0.05, 0) is 41.8 Å². The SMILES string of the molecule is CN=C(NCCc1ccc2c(c1)OCO2)NCC(OC)c1ccc(F)cc1.I. The van der Waals surface area contributed by atoms with Gasteiger partial charge in [-0.25, -0.2) is 4.39 Å². The number of fused-ring (bicyclic) bond motifs is 1. The first-order valence-corrected chi connectivity index (χ1v) is 8.81. The Bertz CT molecular complexity index is 787. The molecule has 3 rings (SSSR count).